The van der Waals surface area contributed by atoms with Crippen molar-refractivity contribution < 1.29 is 15.1 Å². The Morgan fingerprint density at radius 3 is 0.622 bits per heavy atom. The Bertz CT molecular complexity index is 1290. The molecule has 1 radical (unpaired) electrons. The summed E-state index contributed by atoms with van der Waals surface area (Å²) < 4.78 is 9.10. The van der Waals surface area contributed by atoms with Gasteiger partial charge < -0.3 is 0 Å². The summed E-state index contributed by atoms with van der Waals surface area (Å²) in [5.41, 5.74) is 0.917. The van der Waals surface area contributed by atoms with Crippen LogP contribution in [0.2, 0.25) is 0 Å². The van der Waals surface area contributed by atoms with Gasteiger partial charge in [-0.1, -0.05) is 5.57 Å². The quantitative estimate of drug-likeness (QED) is 0.156. The van der Waals surface area contributed by atoms with Crippen molar-refractivity contribution in [3.63, 3.8) is 0 Å². The van der Waals surface area contributed by atoms with Gasteiger partial charge in [0.1, 0.15) is 0 Å². The van der Waals surface area contributed by atoms with Gasteiger partial charge in [-0.2, -0.15) is 0 Å². The SMILES string of the molecule is [CH2]C(=C)C.[Cl][Rh][Cl].c1cc[c]([Sb]([c]2ccccc2)[c]2ccccc2)cc1.c1cc[c]([Sb]([c]2ccccc2)[c]2ccccc2)cc1. The molecule has 0 aliphatic heterocycles. The van der Waals surface area contributed by atoms with Crippen LogP contribution in [0.4, 0.5) is 0 Å². The Kier molecular flexibility index (Phi) is 18.6. The predicted octanol–water partition coefficient (Wildman–Crippen LogP) is 7.18. The summed E-state index contributed by atoms with van der Waals surface area (Å²) in [4.78, 5) is 0. The fourth-order valence-corrected chi connectivity index (χ4v) is 17.5. The van der Waals surface area contributed by atoms with Crippen LogP contribution in [0.1, 0.15) is 6.92 Å². The summed E-state index contributed by atoms with van der Waals surface area (Å²) in [6.45, 7) is 8.75. The van der Waals surface area contributed by atoms with Crippen molar-refractivity contribution in [3.8, 4) is 0 Å². The molecule has 0 aromatic heterocycles. The molecule has 0 amide bonds. The minimum absolute atomic E-state index is 0.226. The second-order valence-electron chi connectivity index (χ2n) is 9.69. The third kappa shape index (κ3) is 13.7. The van der Waals surface area contributed by atoms with Crippen molar-refractivity contribution in [2.75, 3.05) is 0 Å². The summed E-state index contributed by atoms with van der Waals surface area (Å²) in [5.74, 6) is 0. The third-order valence-corrected chi connectivity index (χ3v) is 20.0. The summed E-state index contributed by atoms with van der Waals surface area (Å²) in [6.07, 6.45) is 0. The van der Waals surface area contributed by atoms with E-state index in [0.717, 1.165) is 5.57 Å². The first kappa shape index (κ1) is 37.4. The zero-order valence-electron chi connectivity index (χ0n) is 25.2. The summed E-state index contributed by atoms with van der Waals surface area (Å²) in [6, 6.07) is 65.8. The van der Waals surface area contributed by atoms with Crippen LogP contribution in [0.15, 0.2) is 194 Å². The van der Waals surface area contributed by atoms with Crippen molar-refractivity contribution in [3.05, 3.63) is 201 Å². The fraction of sp³-hybridized carbons (Fsp3) is 0.0250. The number of hydrogen-bond acceptors (Lipinski definition) is 0. The molecule has 0 aliphatic rings. The van der Waals surface area contributed by atoms with Gasteiger partial charge in [-0.05, 0) is 13.8 Å². The Labute approximate surface area is 300 Å². The van der Waals surface area contributed by atoms with Gasteiger partial charge >= 0.3 is 278 Å². The Morgan fingerprint density at radius 2 is 0.511 bits per heavy atom. The number of hydrogen-bond donors (Lipinski definition) is 0. The van der Waals surface area contributed by atoms with Gasteiger partial charge in [-0.15, -0.1) is 6.58 Å². The molecule has 0 bridgehead atoms. The van der Waals surface area contributed by atoms with Gasteiger partial charge in [0, 0.05) is 0 Å². The maximum absolute atomic E-state index is 4.83. The van der Waals surface area contributed by atoms with Crippen LogP contribution in [0.25, 0.3) is 0 Å². The van der Waals surface area contributed by atoms with Crippen molar-refractivity contribution in [2.45, 2.75) is 6.92 Å². The van der Waals surface area contributed by atoms with Crippen molar-refractivity contribution >= 4 is 80.9 Å². The number of benzene rings is 6. The normalized spacial score (nSPS) is 10.0. The monoisotopic (exact) mass is 932 g/mol. The number of halogens is 2. The first-order valence-corrected chi connectivity index (χ1v) is 26.1. The van der Waals surface area contributed by atoms with Crippen LogP contribution in [0.3, 0.4) is 0 Å². The van der Waals surface area contributed by atoms with E-state index in [0.29, 0.717) is 0 Å². The van der Waals surface area contributed by atoms with Crippen LogP contribution >= 0.6 is 19.4 Å². The van der Waals surface area contributed by atoms with Crippen LogP contribution in [-0.4, -0.2) is 40.4 Å². The van der Waals surface area contributed by atoms with E-state index < -0.39 is 40.4 Å². The van der Waals surface area contributed by atoms with Crippen LogP contribution < -0.4 is 21.1 Å². The van der Waals surface area contributed by atoms with Gasteiger partial charge in [0.2, 0.25) is 0 Å². The molecule has 0 atom stereocenters. The molecule has 6 rings (SSSR count). The zero-order valence-corrected chi connectivity index (χ0v) is 33.5. The molecule has 0 unspecified atom stereocenters. The van der Waals surface area contributed by atoms with Gasteiger partial charge in [0.25, 0.3) is 0 Å². The van der Waals surface area contributed by atoms with Gasteiger partial charge in [-0.3, -0.25) is 0 Å². The average Bonchev–Trinajstić information content (AvgIpc) is 3.09. The molecule has 0 N–H and O–H groups in total. The molecule has 0 aliphatic carbocycles. The molecule has 6 aromatic rings. The second kappa shape index (κ2) is 22.4. The molecule has 6 aromatic carbocycles. The molecule has 0 fully saturated rings. The standard InChI is InChI=1S/6C6H5.C4H7.2ClH.Rh.2Sb/c6*1-2-4-6-5-3-1;1-4(2)3;;;;;/h6*1-5H;1-2H2,3H3;2*1H;;;/q;;;;;;;;;+2;;/p-2. The first-order valence-electron chi connectivity index (χ1n) is 14.3. The third-order valence-electron chi connectivity index (χ3n) is 6.09. The fourth-order valence-electron chi connectivity index (χ4n) is 4.36. The van der Waals surface area contributed by atoms with E-state index in [1.54, 1.807) is 0 Å². The Balaban J connectivity index is 0.000000204. The van der Waals surface area contributed by atoms with Crippen LogP contribution in [0.5, 0.6) is 0 Å². The van der Waals surface area contributed by atoms with E-state index in [4.69, 9.17) is 19.4 Å². The molecule has 45 heavy (non-hydrogen) atoms. The van der Waals surface area contributed by atoms with Gasteiger partial charge in [0.15, 0.2) is 0 Å². The van der Waals surface area contributed by atoms with E-state index >= 15 is 0 Å². The molecule has 0 saturated heterocycles. The summed E-state index contributed by atoms with van der Waals surface area (Å²) in [7, 11) is 9.67. The van der Waals surface area contributed by atoms with E-state index in [-0.39, 0.29) is 15.1 Å². The van der Waals surface area contributed by atoms with Crippen molar-refractivity contribution in [2.24, 2.45) is 0 Å². The molecule has 0 saturated carbocycles. The molecule has 230 valence electrons. The summed E-state index contributed by atoms with van der Waals surface area (Å²) in [5, 5.41) is 0. The van der Waals surface area contributed by atoms with Crippen molar-refractivity contribution in [1.29, 1.82) is 0 Å². The van der Waals surface area contributed by atoms with E-state index in [9.17, 15) is 0 Å². The Morgan fingerprint density at radius 1 is 0.400 bits per heavy atom. The number of rotatable bonds is 6. The molecule has 5 heteroatoms. The summed E-state index contributed by atoms with van der Waals surface area (Å²) >= 11 is -3.88. The van der Waals surface area contributed by atoms with Crippen LogP contribution in [-0.2, 0) is 15.1 Å². The average molecular weight is 935 g/mol. The van der Waals surface area contributed by atoms with E-state index in [2.05, 4.69) is 195 Å². The van der Waals surface area contributed by atoms with E-state index in [1.807, 2.05) is 6.92 Å². The van der Waals surface area contributed by atoms with Crippen LogP contribution in [0, 0.1) is 6.92 Å². The number of allylic oxidation sites excluding steroid dienone is 1. The minimum atomic E-state index is -1.83. The molecule has 0 spiro atoms. The molecular formula is C40H37Cl2RhSb2. The van der Waals surface area contributed by atoms with E-state index in [1.165, 1.54) is 21.1 Å². The topological polar surface area (TPSA) is 0 Å². The maximum atomic E-state index is 4.83. The van der Waals surface area contributed by atoms with Crippen molar-refractivity contribution in [1.82, 2.24) is 0 Å². The zero-order chi connectivity index (χ0) is 32.1. The molecule has 0 heterocycles. The first-order chi connectivity index (χ1) is 22.0. The molecular weight excluding hydrogens is 898 g/mol. The Hall–Kier alpha value is -2.10. The second-order valence-corrected chi connectivity index (χ2v) is 24.8. The molecule has 0 nitrogen and oxygen atoms in total. The van der Waals surface area contributed by atoms with Gasteiger partial charge in [0.05, 0.1) is 0 Å². The predicted molar refractivity (Wildman–Crippen MR) is 200 cm³/mol. The van der Waals surface area contributed by atoms with Gasteiger partial charge in [-0.25, -0.2) is 0 Å².